The van der Waals surface area contributed by atoms with Crippen molar-refractivity contribution in [1.29, 1.82) is 0 Å². The highest BCUT2D eigenvalue weighted by Gasteiger charge is 2.32. The lowest BCUT2D eigenvalue weighted by atomic mass is 10.1. The first-order valence-electron chi connectivity index (χ1n) is 14.5. The topological polar surface area (TPSA) is 108 Å². The van der Waals surface area contributed by atoms with Crippen LogP contribution in [0.15, 0.2) is 73.1 Å². The summed E-state index contributed by atoms with van der Waals surface area (Å²) >= 11 is 0. The Kier molecular flexibility index (Phi) is 8.74. The zero-order valence-electron chi connectivity index (χ0n) is 24.2. The van der Waals surface area contributed by atoms with E-state index in [0.717, 1.165) is 55.8 Å². The molecule has 2 aliphatic heterocycles. The second-order valence-corrected chi connectivity index (χ2v) is 10.9. The van der Waals surface area contributed by atoms with Gasteiger partial charge in [-0.25, -0.2) is 0 Å². The first-order chi connectivity index (χ1) is 21.7. The molecule has 236 valence electrons. The molecule has 0 N–H and O–H groups in total. The first kappa shape index (κ1) is 30.2. The highest BCUT2D eigenvalue weighted by Crippen LogP contribution is 2.28. The maximum absolute atomic E-state index is 12.7. The predicted molar refractivity (Wildman–Crippen MR) is 157 cm³/mol. The number of piperazine rings is 1. The second kappa shape index (κ2) is 13.0. The number of aryl methyl sites for hydroxylation is 1. The third kappa shape index (κ3) is 7.63. The van der Waals surface area contributed by atoms with Crippen LogP contribution in [0.4, 0.5) is 24.7 Å². The molecule has 1 saturated heterocycles. The number of hydrogen-bond acceptors (Lipinski definition) is 9. The quantitative estimate of drug-likeness (QED) is 0.171. The zero-order chi connectivity index (χ0) is 31.4. The molecular formula is C31H31F3N6O5. The molecule has 4 heterocycles. The molecule has 0 aliphatic carbocycles. The van der Waals surface area contributed by atoms with Crippen molar-refractivity contribution in [2.75, 3.05) is 37.7 Å². The SMILES string of the molecule is O=[N+]([O-])c1cn2c(n1)O[C@@H](COc1ccc(N3CCN(Cc4ccc(OCc5ccc(C(F)(F)F)nc5)cc4)CC3)cc1)CC2. The molecule has 6 rings (SSSR count). The average Bonchev–Trinajstić information content (AvgIpc) is 3.48. The molecule has 2 aromatic heterocycles. The van der Waals surface area contributed by atoms with E-state index in [-0.39, 0.29) is 24.5 Å². The van der Waals surface area contributed by atoms with Gasteiger partial charge in [0.2, 0.25) is 0 Å². The Morgan fingerprint density at radius 3 is 2.27 bits per heavy atom. The predicted octanol–water partition coefficient (Wildman–Crippen LogP) is 5.34. The second-order valence-electron chi connectivity index (χ2n) is 10.9. The molecule has 2 aromatic carbocycles. The van der Waals surface area contributed by atoms with Crippen LogP contribution in [0, 0.1) is 10.1 Å². The van der Waals surface area contributed by atoms with Gasteiger partial charge in [0.15, 0.2) is 0 Å². The molecule has 0 radical (unpaired) electrons. The number of ether oxygens (including phenoxy) is 3. The summed E-state index contributed by atoms with van der Waals surface area (Å²) in [7, 11) is 0. The van der Waals surface area contributed by atoms with Crippen LogP contribution in [-0.4, -0.2) is 63.2 Å². The van der Waals surface area contributed by atoms with Crippen molar-refractivity contribution in [2.45, 2.75) is 38.4 Å². The lowest BCUT2D eigenvalue weighted by molar-refractivity contribution is -0.389. The van der Waals surface area contributed by atoms with Crippen LogP contribution in [0.2, 0.25) is 0 Å². The largest absolute Gasteiger partial charge is 0.490 e. The Bertz CT molecular complexity index is 1590. The Hall–Kier alpha value is -4.85. The number of alkyl halides is 3. The fraction of sp³-hybridized carbons (Fsp3) is 0.355. The van der Waals surface area contributed by atoms with Gasteiger partial charge in [0.05, 0.1) is 0 Å². The number of aromatic nitrogens is 3. The highest BCUT2D eigenvalue weighted by atomic mass is 19.4. The number of anilines is 1. The molecule has 0 bridgehead atoms. The van der Waals surface area contributed by atoms with Crippen LogP contribution in [0.3, 0.4) is 0 Å². The molecule has 0 saturated carbocycles. The fourth-order valence-electron chi connectivity index (χ4n) is 5.24. The van der Waals surface area contributed by atoms with Gasteiger partial charge in [-0.05, 0) is 53.0 Å². The van der Waals surface area contributed by atoms with Crippen LogP contribution in [0.1, 0.15) is 23.2 Å². The molecule has 0 amide bonds. The van der Waals surface area contributed by atoms with Crippen molar-refractivity contribution < 1.29 is 32.3 Å². The standard InChI is InChI=1S/C31H31F3N6O5/c32-31(33,34)28-10-3-23(17-35-28)20-43-25-6-1-22(2-7-25)18-37-13-15-38(16-14-37)24-4-8-26(9-5-24)44-21-27-11-12-39-19-29(40(41)42)36-30(39)45-27/h1-10,17,19,27H,11-16,18,20-21H2/t27-/m1/s1. The smallest absolute Gasteiger partial charge is 0.433 e. The minimum Gasteiger partial charge on any atom is -0.490 e. The highest BCUT2D eigenvalue weighted by molar-refractivity contribution is 5.49. The van der Waals surface area contributed by atoms with E-state index in [2.05, 4.69) is 19.8 Å². The molecule has 0 spiro atoms. The van der Waals surface area contributed by atoms with Gasteiger partial charge in [-0.1, -0.05) is 18.2 Å². The maximum atomic E-state index is 12.7. The third-order valence-corrected chi connectivity index (χ3v) is 7.74. The van der Waals surface area contributed by atoms with Crippen molar-refractivity contribution in [1.82, 2.24) is 19.4 Å². The van der Waals surface area contributed by atoms with Gasteiger partial charge in [0.1, 0.15) is 42.7 Å². The van der Waals surface area contributed by atoms with E-state index in [1.54, 1.807) is 4.57 Å². The summed E-state index contributed by atoms with van der Waals surface area (Å²) in [6.07, 6.45) is -1.45. The maximum Gasteiger partial charge on any atom is 0.433 e. The van der Waals surface area contributed by atoms with Gasteiger partial charge in [-0.3, -0.25) is 14.5 Å². The Morgan fingerprint density at radius 1 is 0.911 bits per heavy atom. The van der Waals surface area contributed by atoms with Gasteiger partial charge in [-0.15, -0.1) is 0 Å². The van der Waals surface area contributed by atoms with E-state index in [0.29, 0.717) is 30.9 Å². The minimum atomic E-state index is -4.46. The van der Waals surface area contributed by atoms with Gasteiger partial charge in [0, 0.05) is 68.1 Å². The van der Waals surface area contributed by atoms with E-state index >= 15 is 0 Å². The van der Waals surface area contributed by atoms with Crippen LogP contribution < -0.4 is 19.1 Å². The van der Waals surface area contributed by atoms with Crippen molar-refractivity contribution >= 4 is 11.5 Å². The van der Waals surface area contributed by atoms with Crippen LogP contribution in [-0.2, 0) is 25.9 Å². The molecular weight excluding hydrogens is 593 g/mol. The molecule has 1 fully saturated rings. The number of fused-ring (bicyclic) bond motifs is 1. The van der Waals surface area contributed by atoms with Gasteiger partial charge in [0.25, 0.3) is 0 Å². The van der Waals surface area contributed by atoms with Crippen LogP contribution in [0.25, 0.3) is 0 Å². The summed E-state index contributed by atoms with van der Waals surface area (Å²) < 4.78 is 57.1. The van der Waals surface area contributed by atoms with Crippen LogP contribution in [0.5, 0.6) is 17.5 Å². The molecule has 45 heavy (non-hydrogen) atoms. The van der Waals surface area contributed by atoms with E-state index in [1.165, 1.54) is 18.5 Å². The van der Waals surface area contributed by atoms with Crippen molar-refractivity contribution in [3.63, 3.8) is 0 Å². The Balaban J connectivity index is 0.914. The van der Waals surface area contributed by atoms with E-state index in [4.69, 9.17) is 14.2 Å². The molecule has 14 heteroatoms. The normalized spacial score (nSPS) is 17.0. The number of nitro groups is 1. The summed E-state index contributed by atoms with van der Waals surface area (Å²) in [5.74, 6) is 1.14. The summed E-state index contributed by atoms with van der Waals surface area (Å²) in [5, 5.41) is 10.9. The number of rotatable bonds is 10. The number of pyridine rings is 1. The number of halogens is 3. The lowest BCUT2D eigenvalue weighted by Gasteiger charge is -2.36. The molecule has 0 unspecified atom stereocenters. The van der Waals surface area contributed by atoms with Crippen molar-refractivity contribution in [3.05, 3.63) is 100.0 Å². The Labute approximate surface area is 256 Å². The minimum absolute atomic E-state index is 0.135. The van der Waals surface area contributed by atoms with Gasteiger partial charge < -0.3 is 29.2 Å². The van der Waals surface area contributed by atoms with E-state index in [1.807, 2.05) is 48.5 Å². The van der Waals surface area contributed by atoms with Crippen LogP contribution >= 0.6 is 0 Å². The number of hydrogen-bond donors (Lipinski definition) is 0. The zero-order valence-corrected chi connectivity index (χ0v) is 24.2. The third-order valence-electron chi connectivity index (χ3n) is 7.74. The summed E-state index contributed by atoms with van der Waals surface area (Å²) in [6.45, 7) is 5.43. The average molecular weight is 625 g/mol. The van der Waals surface area contributed by atoms with E-state index in [9.17, 15) is 23.3 Å². The molecule has 4 aromatic rings. The monoisotopic (exact) mass is 624 g/mol. The lowest BCUT2D eigenvalue weighted by Crippen LogP contribution is -2.45. The summed E-state index contributed by atoms with van der Waals surface area (Å²) in [4.78, 5) is 22.5. The molecule has 2 aliphatic rings. The first-order valence-corrected chi connectivity index (χ1v) is 14.5. The summed E-state index contributed by atoms with van der Waals surface area (Å²) in [6, 6.07) is 18.3. The van der Waals surface area contributed by atoms with Crippen molar-refractivity contribution in [3.8, 4) is 17.5 Å². The van der Waals surface area contributed by atoms with Gasteiger partial charge >= 0.3 is 18.0 Å². The molecule has 11 nitrogen and oxygen atoms in total. The number of imidazole rings is 1. The summed E-state index contributed by atoms with van der Waals surface area (Å²) in [5.41, 5.74) is 1.91. The number of benzene rings is 2. The van der Waals surface area contributed by atoms with Gasteiger partial charge in [-0.2, -0.15) is 13.2 Å². The fourth-order valence-corrected chi connectivity index (χ4v) is 5.24. The Morgan fingerprint density at radius 2 is 1.60 bits per heavy atom. The molecule has 1 atom stereocenters. The van der Waals surface area contributed by atoms with E-state index < -0.39 is 16.8 Å². The number of nitrogens with zero attached hydrogens (tertiary/aromatic N) is 6. The van der Waals surface area contributed by atoms with Crippen molar-refractivity contribution in [2.24, 2.45) is 0 Å².